The van der Waals surface area contributed by atoms with Crippen LogP contribution in [-0.2, 0) is 39.6 Å². The molecule has 1 N–H and O–H groups in total. The Morgan fingerprint density at radius 2 is 1.23 bits per heavy atom. The van der Waals surface area contributed by atoms with Gasteiger partial charge in [0.1, 0.15) is 6.04 Å². The van der Waals surface area contributed by atoms with Gasteiger partial charge >= 0.3 is 0 Å². The fourth-order valence-corrected chi connectivity index (χ4v) is 5.81. The Morgan fingerprint density at radius 3 is 1.75 bits per heavy atom. The molecule has 0 saturated carbocycles. The van der Waals surface area contributed by atoms with Crippen LogP contribution >= 0.6 is 0 Å². The lowest BCUT2D eigenvalue weighted by atomic mass is 9.87. The highest BCUT2D eigenvalue weighted by Gasteiger charge is 2.30. The molecule has 208 valence electrons. The summed E-state index contributed by atoms with van der Waals surface area (Å²) in [5, 5.41) is 0. The minimum Gasteiger partial charge on any atom is -0.337 e. The van der Waals surface area contributed by atoms with Crippen LogP contribution in [-0.4, -0.2) is 31.8 Å². The van der Waals surface area contributed by atoms with Crippen molar-refractivity contribution < 1.29 is 13.2 Å². The zero-order chi connectivity index (χ0) is 28.6. The molecular formula is C34H38N2O3S. The molecule has 4 aromatic carbocycles. The topological polar surface area (TPSA) is 66.5 Å². The Labute approximate surface area is 238 Å². The average Bonchev–Trinajstić information content (AvgIpc) is 2.96. The van der Waals surface area contributed by atoms with Crippen LogP contribution < -0.4 is 4.72 Å². The average molecular weight is 555 g/mol. The fraction of sp³-hybridized carbons (Fsp3) is 0.265. The molecule has 1 atom stereocenters. The monoisotopic (exact) mass is 554 g/mol. The third-order valence-electron chi connectivity index (χ3n) is 6.95. The van der Waals surface area contributed by atoms with Crippen LogP contribution in [0.5, 0.6) is 0 Å². The van der Waals surface area contributed by atoms with Gasteiger partial charge in [-0.15, -0.1) is 0 Å². The van der Waals surface area contributed by atoms with E-state index in [0.717, 1.165) is 22.3 Å². The Hall–Kier alpha value is -3.74. The molecule has 0 radical (unpaired) electrons. The minimum absolute atomic E-state index is 0.0990. The molecule has 0 fully saturated rings. The van der Waals surface area contributed by atoms with Crippen LogP contribution in [0.2, 0.25) is 0 Å². The molecule has 5 nitrogen and oxygen atoms in total. The van der Waals surface area contributed by atoms with Crippen molar-refractivity contribution in [1.29, 1.82) is 0 Å². The predicted molar refractivity (Wildman–Crippen MR) is 161 cm³/mol. The molecule has 4 aromatic rings. The zero-order valence-electron chi connectivity index (χ0n) is 23.5. The smallest absolute Gasteiger partial charge is 0.241 e. The lowest BCUT2D eigenvalue weighted by Crippen LogP contribution is -2.50. The molecule has 6 heteroatoms. The summed E-state index contributed by atoms with van der Waals surface area (Å²) in [4.78, 5) is 16.1. The number of sulfonamides is 1. The molecule has 1 amide bonds. The van der Waals surface area contributed by atoms with Gasteiger partial charge in [0.2, 0.25) is 15.9 Å². The van der Waals surface area contributed by atoms with E-state index in [1.807, 2.05) is 103 Å². The number of carbonyl (C=O) groups excluding carboxylic acids is 1. The SMILES string of the molecule is CC(C)(C)c1ccc(S(=O)(=O)NC(Cc2ccccc2)C(=O)N(CCc2ccccc2)Cc2ccccc2)cc1. The number of hydrogen-bond acceptors (Lipinski definition) is 3. The molecule has 0 spiro atoms. The molecule has 1 unspecified atom stereocenters. The van der Waals surface area contributed by atoms with Crippen LogP contribution in [0.3, 0.4) is 0 Å². The van der Waals surface area contributed by atoms with E-state index in [4.69, 9.17) is 0 Å². The van der Waals surface area contributed by atoms with Crippen LogP contribution in [0.4, 0.5) is 0 Å². The summed E-state index contributed by atoms with van der Waals surface area (Å²) < 4.78 is 29.9. The summed E-state index contributed by atoms with van der Waals surface area (Å²) >= 11 is 0. The Kier molecular flexibility index (Phi) is 9.56. The van der Waals surface area contributed by atoms with Crippen molar-refractivity contribution in [3.8, 4) is 0 Å². The molecule has 0 aliphatic carbocycles. The third kappa shape index (κ3) is 8.13. The number of nitrogens with zero attached hydrogens (tertiary/aromatic N) is 1. The van der Waals surface area contributed by atoms with Crippen LogP contribution in [0, 0.1) is 0 Å². The van der Waals surface area contributed by atoms with Crippen LogP contribution in [0.15, 0.2) is 120 Å². The first-order valence-corrected chi connectivity index (χ1v) is 15.1. The summed E-state index contributed by atoms with van der Waals surface area (Å²) in [7, 11) is -3.96. The summed E-state index contributed by atoms with van der Waals surface area (Å²) in [6.07, 6.45) is 0.911. The van der Waals surface area contributed by atoms with Crippen molar-refractivity contribution in [3.05, 3.63) is 138 Å². The fourth-order valence-electron chi connectivity index (χ4n) is 4.62. The van der Waals surface area contributed by atoms with Gasteiger partial charge in [-0.25, -0.2) is 8.42 Å². The van der Waals surface area contributed by atoms with Gasteiger partial charge < -0.3 is 4.90 Å². The van der Waals surface area contributed by atoms with Gasteiger partial charge in [-0.2, -0.15) is 4.72 Å². The first kappa shape index (κ1) is 29.2. The number of benzene rings is 4. The summed E-state index contributed by atoms with van der Waals surface area (Å²) in [6.45, 7) is 7.10. The highest BCUT2D eigenvalue weighted by atomic mass is 32.2. The van der Waals surface area contributed by atoms with E-state index in [1.54, 1.807) is 17.0 Å². The van der Waals surface area contributed by atoms with Crippen LogP contribution in [0.25, 0.3) is 0 Å². The van der Waals surface area contributed by atoms with Gasteiger partial charge in [-0.05, 0) is 52.6 Å². The van der Waals surface area contributed by atoms with E-state index in [0.29, 0.717) is 19.5 Å². The standard InChI is InChI=1S/C34H38N2O3S/c1-34(2,3)30-19-21-31(22-20-30)40(38,39)35-32(25-28-15-9-5-10-16-28)33(37)36(26-29-17-11-6-12-18-29)24-23-27-13-7-4-8-14-27/h4-22,32,35H,23-26H2,1-3H3. The van der Waals surface area contributed by atoms with E-state index in [2.05, 4.69) is 25.5 Å². The van der Waals surface area contributed by atoms with Crippen molar-refractivity contribution in [2.75, 3.05) is 6.54 Å². The second-order valence-corrected chi connectivity index (χ2v) is 12.8. The van der Waals surface area contributed by atoms with E-state index in [9.17, 15) is 13.2 Å². The lowest BCUT2D eigenvalue weighted by Gasteiger charge is -2.28. The maximum atomic E-state index is 14.2. The summed E-state index contributed by atoms with van der Waals surface area (Å²) in [5.74, 6) is -0.251. The van der Waals surface area contributed by atoms with Gasteiger partial charge in [0.05, 0.1) is 4.90 Å². The minimum atomic E-state index is -3.96. The second-order valence-electron chi connectivity index (χ2n) is 11.1. The van der Waals surface area contributed by atoms with Crippen molar-refractivity contribution >= 4 is 15.9 Å². The Morgan fingerprint density at radius 1 is 0.725 bits per heavy atom. The molecular weight excluding hydrogens is 516 g/mol. The zero-order valence-corrected chi connectivity index (χ0v) is 24.3. The molecule has 0 aliphatic heterocycles. The Bertz CT molecular complexity index is 1470. The van der Waals surface area contributed by atoms with Gasteiger partial charge in [0.15, 0.2) is 0 Å². The third-order valence-corrected chi connectivity index (χ3v) is 8.44. The van der Waals surface area contributed by atoms with Crippen molar-refractivity contribution in [1.82, 2.24) is 9.62 Å². The predicted octanol–water partition coefficient (Wildman–Crippen LogP) is 6.15. The normalized spacial score (nSPS) is 12.6. The first-order valence-electron chi connectivity index (χ1n) is 13.7. The maximum absolute atomic E-state index is 14.2. The van der Waals surface area contributed by atoms with Crippen LogP contribution in [0.1, 0.15) is 43.0 Å². The summed E-state index contributed by atoms with van der Waals surface area (Å²) in [6, 6.07) is 35.3. The van der Waals surface area contributed by atoms with E-state index in [-0.39, 0.29) is 22.6 Å². The molecule has 4 rings (SSSR count). The Balaban J connectivity index is 1.63. The largest absolute Gasteiger partial charge is 0.337 e. The number of nitrogens with one attached hydrogen (secondary N) is 1. The van der Waals surface area contributed by atoms with Gasteiger partial charge in [0.25, 0.3) is 0 Å². The quantitative estimate of drug-likeness (QED) is 0.242. The van der Waals surface area contributed by atoms with Crippen molar-refractivity contribution in [2.24, 2.45) is 0 Å². The van der Waals surface area contributed by atoms with Gasteiger partial charge in [0, 0.05) is 13.1 Å². The van der Waals surface area contributed by atoms with E-state index >= 15 is 0 Å². The maximum Gasteiger partial charge on any atom is 0.241 e. The molecule has 0 heterocycles. The van der Waals surface area contributed by atoms with E-state index in [1.165, 1.54) is 0 Å². The number of rotatable bonds is 11. The van der Waals surface area contributed by atoms with Gasteiger partial charge in [-0.3, -0.25) is 4.79 Å². The number of hydrogen-bond donors (Lipinski definition) is 1. The first-order chi connectivity index (χ1) is 19.1. The second kappa shape index (κ2) is 13.1. The molecule has 0 bridgehead atoms. The molecule has 0 aromatic heterocycles. The molecule has 40 heavy (non-hydrogen) atoms. The number of amides is 1. The lowest BCUT2D eigenvalue weighted by molar-refractivity contribution is -0.133. The van der Waals surface area contributed by atoms with E-state index < -0.39 is 16.1 Å². The van der Waals surface area contributed by atoms with Crippen molar-refractivity contribution in [2.45, 2.75) is 56.5 Å². The highest BCUT2D eigenvalue weighted by molar-refractivity contribution is 7.89. The molecule has 0 aliphatic rings. The van der Waals surface area contributed by atoms with Crippen molar-refractivity contribution in [3.63, 3.8) is 0 Å². The molecule has 0 saturated heterocycles. The highest BCUT2D eigenvalue weighted by Crippen LogP contribution is 2.24. The summed E-state index contributed by atoms with van der Waals surface area (Å²) in [5.41, 5.74) is 3.93. The number of carbonyl (C=O) groups is 1. The van der Waals surface area contributed by atoms with Gasteiger partial charge in [-0.1, -0.05) is 124 Å².